The first kappa shape index (κ1) is 14.8. The van der Waals surface area contributed by atoms with Crippen LogP contribution < -0.4 is 11.1 Å². The Labute approximate surface area is 125 Å². The lowest BCUT2D eigenvalue weighted by molar-refractivity contribution is -0.384. The summed E-state index contributed by atoms with van der Waals surface area (Å²) in [7, 11) is 0. The van der Waals surface area contributed by atoms with Crippen LogP contribution in [-0.2, 0) is 6.54 Å². The Morgan fingerprint density at radius 3 is 2.43 bits per heavy atom. The highest BCUT2D eigenvalue weighted by atomic mass is 35.5. The predicted octanol–water partition coefficient (Wildman–Crippen LogP) is 2.96. The molecule has 2 aromatic rings. The molecular formula is C14H12ClN3O3. The first-order chi connectivity index (χ1) is 9.97. The van der Waals surface area contributed by atoms with Crippen molar-refractivity contribution in [3.8, 4) is 0 Å². The number of anilines is 1. The number of rotatable bonds is 5. The normalized spacial score (nSPS) is 10.1. The van der Waals surface area contributed by atoms with Crippen LogP contribution in [0.2, 0.25) is 5.02 Å². The van der Waals surface area contributed by atoms with E-state index >= 15 is 0 Å². The molecule has 1 amide bonds. The van der Waals surface area contributed by atoms with Crippen LogP contribution in [-0.4, -0.2) is 10.8 Å². The van der Waals surface area contributed by atoms with E-state index in [2.05, 4.69) is 5.32 Å². The lowest BCUT2D eigenvalue weighted by atomic mass is 10.1. The van der Waals surface area contributed by atoms with Gasteiger partial charge in [0.25, 0.3) is 5.69 Å². The molecule has 0 unspecified atom stereocenters. The van der Waals surface area contributed by atoms with E-state index in [1.165, 1.54) is 12.1 Å². The van der Waals surface area contributed by atoms with E-state index in [9.17, 15) is 14.9 Å². The van der Waals surface area contributed by atoms with Crippen molar-refractivity contribution < 1.29 is 9.72 Å². The molecule has 0 aromatic heterocycles. The summed E-state index contributed by atoms with van der Waals surface area (Å²) in [5.41, 5.74) is 7.06. The number of nitro groups is 1. The second kappa shape index (κ2) is 6.23. The van der Waals surface area contributed by atoms with Crippen molar-refractivity contribution in [2.45, 2.75) is 6.54 Å². The molecule has 108 valence electrons. The van der Waals surface area contributed by atoms with Crippen LogP contribution >= 0.6 is 11.6 Å². The van der Waals surface area contributed by atoms with Crippen molar-refractivity contribution in [2.75, 3.05) is 5.32 Å². The Morgan fingerprint density at radius 1 is 1.24 bits per heavy atom. The summed E-state index contributed by atoms with van der Waals surface area (Å²) in [6.45, 7) is 0.469. The maximum atomic E-state index is 11.0. The number of nitrogens with zero attached hydrogens (tertiary/aromatic N) is 1. The fraction of sp³-hybridized carbons (Fsp3) is 0.0714. The summed E-state index contributed by atoms with van der Waals surface area (Å²) >= 11 is 5.98. The molecule has 2 rings (SSSR count). The Balaban J connectivity index is 2.06. The zero-order chi connectivity index (χ0) is 15.4. The van der Waals surface area contributed by atoms with E-state index in [-0.39, 0.29) is 10.7 Å². The number of nitrogens with two attached hydrogens (primary N) is 1. The largest absolute Gasteiger partial charge is 0.380 e. The predicted molar refractivity (Wildman–Crippen MR) is 80.4 cm³/mol. The average molecular weight is 306 g/mol. The number of carbonyl (C=O) groups excluding carboxylic acids is 1. The molecule has 3 N–H and O–H groups in total. The Bertz CT molecular complexity index is 686. The van der Waals surface area contributed by atoms with Crippen LogP contribution in [0, 0.1) is 10.1 Å². The standard InChI is InChI=1S/C14H12ClN3O3/c15-12-7-11(18(20)21)5-6-13(12)17-8-9-1-3-10(4-2-9)14(16)19/h1-7,17H,8H2,(H2,16,19). The fourth-order valence-corrected chi connectivity index (χ4v) is 1.99. The van der Waals surface area contributed by atoms with E-state index in [0.29, 0.717) is 17.8 Å². The average Bonchev–Trinajstić information content (AvgIpc) is 2.46. The van der Waals surface area contributed by atoms with E-state index < -0.39 is 10.8 Å². The van der Waals surface area contributed by atoms with Crippen molar-refractivity contribution in [2.24, 2.45) is 5.73 Å². The molecule has 0 aliphatic heterocycles. The van der Waals surface area contributed by atoms with Gasteiger partial charge in [0, 0.05) is 24.2 Å². The van der Waals surface area contributed by atoms with Crippen molar-refractivity contribution in [1.82, 2.24) is 0 Å². The lowest BCUT2D eigenvalue weighted by Crippen LogP contribution is -2.10. The van der Waals surface area contributed by atoms with Gasteiger partial charge in [-0.2, -0.15) is 0 Å². The van der Waals surface area contributed by atoms with Gasteiger partial charge in [-0.05, 0) is 23.8 Å². The topological polar surface area (TPSA) is 98.3 Å². The highest BCUT2D eigenvalue weighted by Crippen LogP contribution is 2.27. The summed E-state index contributed by atoms with van der Waals surface area (Å²) in [4.78, 5) is 21.1. The smallest absolute Gasteiger partial charge is 0.271 e. The van der Waals surface area contributed by atoms with Gasteiger partial charge in [-0.25, -0.2) is 0 Å². The van der Waals surface area contributed by atoms with Gasteiger partial charge in [-0.1, -0.05) is 23.7 Å². The summed E-state index contributed by atoms with van der Waals surface area (Å²) < 4.78 is 0. The Morgan fingerprint density at radius 2 is 1.90 bits per heavy atom. The maximum Gasteiger partial charge on any atom is 0.271 e. The van der Waals surface area contributed by atoms with Gasteiger partial charge >= 0.3 is 0 Å². The molecule has 0 fully saturated rings. The molecule has 0 saturated heterocycles. The molecule has 0 bridgehead atoms. The SMILES string of the molecule is NC(=O)c1ccc(CNc2ccc([N+](=O)[O-])cc2Cl)cc1. The summed E-state index contributed by atoms with van der Waals surface area (Å²) in [6, 6.07) is 11.0. The Kier molecular flexibility index (Phi) is 4.39. The van der Waals surface area contributed by atoms with Gasteiger partial charge in [0.05, 0.1) is 15.6 Å². The highest BCUT2D eigenvalue weighted by molar-refractivity contribution is 6.33. The lowest BCUT2D eigenvalue weighted by Gasteiger charge is -2.08. The number of nitrogens with one attached hydrogen (secondary N) is 1. The van der Waals surface area contributed by atoms with Gasteiger partial charge in [-0.3, -0.25) is 14.9 Å². The van der Waals surface area contributed by atoms with E-state index in [1.54, 1.807) is 30.3 Å². The first-order valence-electron chi connectivity index (χ1n) is 6.04. The molecule has 0 radical (unpaired) electrons. The van der Waals surface area contributed by atoms with Gasteiger partial charge < -0.3 is 11.1 Å². The minimum atomic E-state index is -0.502. The molecule has 0 aliphatic carbocycles. The molecule has 0 heterocycles. The van der Waals surface area contributed by atoms with Crippen molar-refractivity contribution >= 4 is 28.9 Å². The second-order valence-electron chi connectivity index (χ2n) is 4.34. The van der Waals surface area contributed by atoms with Gasteiger partial charge in [0.15, 0.2) is 0 Å². The maximum absolute atomic E-state index is 11.0. The minimum Gasteiger partial charge on any atom is -0.380 e. The molecule has 21 heavy (non-hydrogen) atoms. The molecule has 2 aromatic carbocycles. The number of hydrogen-bond donors (Lipinski definition) is 2. The number of primary amides is 1. The molecule has 0 spiro atoms. The van der Waals surface area contributed by atoms with Crippen molar-refractivity contribution in [3.05, 3.63) is 68.7 Å². The number of benzene rings is 2. The van der Waals surface area contributed by atoms with E-state index in [0.717, 1.165) is 5.56 Å². The number of halogens is 1. The first-order valence-corrected chi connectivity index (χ1v) is 6.42. The summed E-state index contributed by atoms with van der Waals surface area (Å²) in [5.74, 6) is -0.479. The Hall–Kier alpha value is -2.60. The number of nitro benzene ring substituents is 1. The van der Waals surface area contributed by atoms with Crippen LogP contribution in [0.5, 0.6) is 0 Å². The third kappa shape index (κ3) is 3.70. The molecular weight excluding hydrogens is 294 g/mol. The van der Waals surface area contributed by atoms with Crippen LogP contribution in [0.4, 0.5) is 11.4 Å². The third-order valence-electron chi connectivity index (χ3n) is 2.88. The fourth-order valence-electron chi connectivity index (χ4n) is 1.75. The van der Waals surface area contributed by atoms with Gasteiger partial charge in [0.1, 0.15) is 0 Å². The molecule has 0 atom stereocenters. The van der Waals surface area contributed by atoms with Crippen molar-refractivity contribution in [1.29, 1.82) is 0 Å². The van der Waals surface area contributed by atoms with Gasteiger partial charge in [-0.15, -0.1) is 0 Å². The molecule has 6 nitrogen and oxygen atoms in total. The zero-order valence-electron chi connectivity index (χ0n) is 10.9. The molecule has 7 heteroatoms. The number of carbonyl (C=O) groups is 1. The number of hydrogen-bond acceptors (Lipinski definition) is 4. The van der Waals surface area contributed by atoms with Crippen molar-refractivity contribution in [3.63, 3.8) is 0 Å². The summed E-state index contributed by atoms with van der Waals surface area (Å²) in [5, 5.41) is 14.0. The van der Waals surface area contributed by atoms with Gasteiger partial charge in [0.2, 0.25) is 5.91 Å². The van der Waals surface area contributed by atoms with E-state index in [1.807, 2.05) is 0 Å². The van der Waals surface area contributed by atoms with Crippen LogP contribution in [0.3, 0.4) is 0 Å². The molecule has 0 saturated carbocycles. The highest BCUT2D eigenvalue weighted by Gasteiger charge is 2.09. The summed E-state index contributed by atoms with van der Waals surface area (Å²) in [6.07, 6.45) is 0. The quantitative estimate of drug-likeness (QED) is 0.655. The van der Waals surface area contributed by atoms with Crippen LogP contribution in [0.15, 0.2) is 42.5 Å². The third-order valence-corrected chi connectivity index (χ3v) is 3.20. The second-order valence-corrected chi connectivity index (χ2v) is 4.74. The van der Waals surface area contributed by atoms with Crippen LogP contribution in [0.25, 0.3) is 0 Å². The van der Waals surface area contributed by atoms with E-state index in [4.69, 9.17) is 17.3 Å². The number of amides is 1. The monoisotopic (exact) mass is 305 g/mol. The molecule has 0 aliphatic rings. The minimum absolute atomic E-state index is 0.0589. The zero-order valence-corrected chi connectivity index (χ0v) is 11.6. The number of non-ortho nitro benzene ring substituents is 1. The van der Waals surface area contributed by atoms with Crippen LogP contribution in [0.1, 0.15) is 15.9 Å².